The number of esters is 2. The van der Waals surface area contributed by atoms with Crippen molar-refractivity contribution in [3.63, 3.8) is 0 Å². The van der Waals surface area contributed by atoms with E-state index in [0.717, 1.165) is 41.3 Å². The van der Waals surface area contributed by atoms with Crippen molar-refractivity contribution in [3.8, 4) is 0 Å². The van der Waals surface area contributed by atoms with Gasteiger partial charge in [0.2, 0.25) is 6.79 Å². The highest BCUT2D eigenvalue weighted by molar-refractivity contribution is 9.10. The smallest absolute Gasteiger partial charge is 0.336 e. The summed E-state index contributed by atoms with van der Waals surface area (Å²) in [4.78, 5) is 27.1. The van der Waals surface area contributed by atoms with Crippen LogP contribution in [0.2, 0.25) is 0 Å². The number of fused-ring (bicyclic) bond motifs is 5. The number of aliphatic hydroxyl groups is 1. The Labute approximate surface area is 322 Å². The van der Waals surface area contributed by atoms with Gasteiger partial charge in [0.05, 0.1) is 17.3 Å². The molecule has 6 nitrogen and oxygen atoms in total. The van der Waals surface area contributed by atoms with Crippen LogP contribution in [-0.2, 0) is 23.8 Å². The summed E-state index contributed by atoms with van der Waals surface area (Å²) >= 11 is 3.57. The number of benzene rings is 1. The van der Waals surface area contributed by atoms with Crippen LogP contribution in [0.1, 0.15) is 133 Å². The first-order valence-electron chi connectivity index (χ1n) is 19.7. The highest BCUT2D eigenvalue weighted by Crippen LogP contribution is 2.74. The van der Waals surface area contributed by atoms with E-state index in [9.17, 15) is 14.7 Å². The second-order valence-electron chi connectivity index (χ2n) is 18.9. The quantitative estimate of drug-likeness (QED) is 0.116. The van der Waals surface area contributed by atoms with Crippen LogP contribution in [0.25, 0.3) is 5.57 Å². The van der Waals surface area contributed by atoms with Crippen LogP contribution in [0.15, 0.2) is 57.8 Å². The van der Waals surface area contributed by atoms with Gasteiger partial charge < -0.3 is 19.3 Å². The monoisotopic (exact) mass is 780 g/mol. The molecule has 4 fully saturated rings. The van der Waals surface area contributed by atoms with E-state index in [1.165, 1.54) is 17.6 Å². The van der Waals surface area contributed by atoms with Crippen molar-refractivity contribution in [1.29, 1.82) is 0 Å². The number of hydrogen-bond donors (Lipinski definition) is 1. The van der Waals surface area contributed by atoms with E-state index in [0.29, 0.717) is 48.3 Å². The number of rotatable bonds is 9. The number of carbonyl (C=O) groups excluding carboxylic acids is 2. The molecule has 52 heavy (non-hydrogen) atoms. The molecule has 288 valence electrons. The van der Waals surface area contributed by atoms with E-state index in [-0.39, 0.29) is 34.2 Å². The third-order valence-corrected chi connectivity index (χ3v) is 15.0. The number of carbonyl (C=O) groups is 2. The first-order chi connectivity index (χ1) is 24.2. The van der Waals surface area contributed by atoms with Gasteiger partial charge in [0.1, 0.15) is 6.10 Å². The molecular weight excluding hydrogens is 716 g/mol. The van der Waals surface area contributed by atoms with Gasteiger partial charge in [0.15, 0.2) is 0 Å². The van der Waals surface area contributed by atoms with Gasteiger partial charge in [-0.25, -0.2) is 4.79 Å². The van der Waals surface area contributed by atoms with E-state index in [1.54, 1.807) is 20.8 Å². The predicted octanol–water partition coefficient (Wildman–Crippen LogP) is 11.2. The molecule has 0 aromatic heterocycles. The van der Waals surface area contributed by atoms with Gasteiger partial charge in [-0.05, 0) is 168 Å². The molecule has 0 amide bonds. The molecule has 4 aliphatic rings. The molecule has 0 bridgehead atoms. The third kappa shape index (κ3) is 7.36. The van der Waals surface area contributed by atoms with E-state index in [1.807, 2.05) is 19.1 Å². The van der Waals surface area contributed by atoms with Crippen LogP contribution in [0.3, 0.4) is 0 Å². The van der Waals surface area contributed by atoms with Gasteiger partial charge >= 0.3 is 11.9 Å². The highest BCUT2D eigenvalue weighted by atomic mass is 79.9. The third-order valence-electron chi connectivity index (χ3n) is 14.5. The Hall–Kier alpha value is -2.38. The van der Waals surface area contributed by atoms with E-state index in [2.05, 4.69) is 83.1 Å². The molecule has 7 heteroatoms. The van der Waals surface area contributed by atoms with Gasteiger partial charge in [-0.1, -0.05) is 74.8 Å². The lowest BCUT2D eigenvalue weighted by Crippen LogP contribution is -2.65. The number of ether oxygens (including phenoxy) is 3. The van der Waals surface area contributed by atoms with Crippen molar-refractivity contribution in [2.45, 2.75) is 140 Å². The molecule has 1 aromatic carbocycles. The second kappa shape index (κ2) is 15.0. The van der Waals surface area contributed by atoms with Crippen molar-refractivity contribution < 1.29 is 28.9 Å². The second-order valence-corrected chi connectivity index (χ2v) is 19.8. The molecule has 0 radical (unpaired) electrons. The minimum Gasteiger partial charge on any atom is -0.491 e. The fraction of sp³-hybridized carbons (Fsp3) is 0.689. The Morgan fingerprint density at radius 3 is 2.21 bits per heavy atom. The normalized spacial score (nSPS) is 36.4. The fourth-order valence-electron chi connectivity index (χ4n) is 11.5. The predicted molar refractivity (Wildman–Crippen MR) is 212 cm³/mol. The Morgan fingerprint density at radius 2 is 1.62 bits per heavy atom. The van der Waals surface area contributed by atoms with Crippen LogP contribution in [0, 0.1) is 51.2 Å². The maximum absolute atomic E-state index is 14.5. The summed E-state index contributed by atoms with van der Waals surface area (Å²) in [5.41, 5.74) is 3.86. The lowest BCUT2D eigenvalue weighted by Gasteiger charge is -2.69. The lowest BCUT2D eigenvalue weighted by atomic mass is 9.36. The molecule has 4 saturated carbocycles. The molecule has 0 heterocycles. The van der Waals surface area contributed by atoms with Crippen LogP contribution in [0.5, 0.6) is 0 Å². The molecule has 10 atom stereocenters. The number of hydrogen-bond acceptors (Lipinski definition) is 6. The molecular formula is C45H65BrO6. The average molecular weight is 782 g/mol. The molecule has 0 saturated heterocycles. The molecule has 0 aliphatic heterocycles. The van der Waals surface area contributed by atoms with Crippen molar-refractivity contribution >= 4 is 33.4 Å². The Bertz CT molecular complexity index is 1600. The van der Waals surface area contributed by atoms with Crippen molar-refractivity contribution in [2.75, 3.05) is 6.79 Å². The maximum Gasteiger partial charge on any atom is 0.336 e. The van der Waals surface area contributed by atoms with Crippen molar-refractivity contribution in [2.24, 2.45) is 51.2 Å². The molecule has 0 spiro atoms. The zero-order valence-electron chi connectivity index (χ0n) is 33.8. The fourth-order valence-corrected chi connectivity index (χ4v) is 11.8. The SMILES string of the molecule is C=C(C)OC1C[C@@]2(C)[C@@H](C[C@@H](O)[C@H]3[C@@]4(C)CC[C@@H](C)[C@H](C)[C@@H]4CC[C@@]32C)/C1=C(\CCC(=C(C)C)c1ccc(Br)cc1)C(=O)OCOC(=O)C(C)(C)C. The summed E-state index contributed by atoms with van der Waals surface area (Å²) in [6, 6.07) is 8.28. The molecule has 1 aromatic rings. The van der Waals surface area contributed by atoms with Gasteiger partial charge in [-0.3, -0.25) is 4.79 Å². The highest BCUT2D eigenvalue weighted by Gasteiger charge is 2.70. The van der Waals surface area contributed by atoms with Gasteiger partial charge in [-0.15, -0.1) is 0 Å². The maximum atomic E-state index is 14.5. The number of allylic oxidation sites excluding steroid dienone is 3. The summed E-state index contributed by atoms with van der Waals surface area (Å²) in [7, 11) is 0. The Kier molecular flexibility index (Phi) is 11.8. The van der Waals surface area contributed by atoms with E-state index >= 15 is 0 Å². The number of aliphatic hydroxyl groups excluding tert-OH is 1. The van der Waals surface area contributed by atoms with Gasteiger partial charge in [0.25, 0.3) is 0 Å². The summed E-state index contributed by atoms with van der Waals surface area (Å²) in [5, 5.41) is 12.5. The van der Waals surface area contributed by atoms with Crippen LogP contribution >= 0.6 is 15.9 Å². The largest absolute Gasteiger partial charge is 0.491 e. The number of halogens is 1. The topological polar surface area (TPSA) is 82.1 Å². The minimum atomic E-state index is -0.724. The molecule has 5 rings (SSSR count). The van der Waals surface area contributed by atoms with Crippen molar-refractivity contribution in [1.82, 2.24) is 0 Å². The molecule has 1 N–H and O–H groups in total. The minimum absolute atomic E-state index is 0.0468. The lowest BCUT2D eigenvalue weighted by molar-refractivity contribution is -0.229. The van der Waals surface area contributed by atoms with Crippen LogP contribution < -0.4 is 0 Å². The van der Waals surface area contributed by atoms with Gasteiger partial charge in [-0.2, -0.15) is 0 Å². The van der Waals surface area contributed by atoms with Crippen molar-refractivity contribution in [3.05, 3.63) is 63.4 Å². The average Bonchev–Trinajstić information content (AvgIpc) is 3.32. The van der Waals surface area contributed by atoms with Crippen LogP contribution in [0.4, 0.5) is 0 Å². The zero-order chi connectivity index (χ0) is 38.6. The van der Waals surface area contributed by atoms with E-state index in [4.69, 9.17) is 14.2 Å². The van der Waals surface area contributed by atoms with Gasteiger partial charge in [0, 0.05) is 10.0 Å². The Balaban J connectivity index is 1.60. The first kappa shape index (κ1) is 40.8. The molecule has 4 aliphatic carbocycles. The van der Waals surface area contributed by atoms with E-state index < -0.39 is 30.3 Å². The molecule has 1 unspecified atom stereocenters. The zero-order valence-corrected chi connectivity index (χ0v) is 35.4. The standard InChI is InChI=1S/C45H65BrO6/c1-26(2)32(30-13-15-31(46)16-14-30)17-18-33(40(48)50-25-51-41(49)42(7,8)9)38-35-23-36(47)39-43(10)21-19-28(5)29(6)34(43)20-22-44(39,11)45(35,12)24-37(38)52-27(3)4/h13-16,28-29,34-37,39,47H,3,17-25H2,1-2,4-12H3/b38-33-/t28-,29+,34+,35+,36-,37?,39+,43+,44+,45+/m1/s1. The summed E-state index contributed by atoms with van der Waals surface area (Å²) < 4.78 is 18.9. The summed E-state index contributed by atoms with van der Waals surface area (Å²) in [6.07, 6.45) is 6.00. The Morgan fingerprint density at radius 1 is 0.962 bits per heavy atom. The van der Waals surface area contributed by atoms with Crippen LogP contribution in [-0.4, -0.2) is 36.0 Å². The summed E-state index contributed by atoms with van der Waals surface area (Å²) in [5.74, 6) is 1.65. The summed E-state index contributed by atoms with van der Waals surface area (Å²) in [6.45, 7) is 27.3. The first-order valence-corrected chi connectivity index (χ1v) is 20.4.